The van der Waals surface area contributed by atoms with Gasteiger partial charge >= 0.3 is 0 Å². The molecule has 0 aliphatic rings. The van der Waals surface area contributed by atoms with E-state index in [-0.39, 0.29) is 0 Å². The first-order valence-electron chi connectivity index (χ1n) is 4.96. The summed E-state index contributed by atoms with van der Waals surface area (Å²) >= 11 is 7.43. The first-order valence-corrected chi connectivity index (χ1v) is 6.22. The van der Waals surface area contributed by atoms with Gasteiger partial charge in [0.1, 0.15) is 0 Å². The highest BCUT2D eigenvalue weighted by Gasteiger charge is 1.97. The molecule has 0 radical (unpaired) electrons. The summed E-state index contributed by atoms with van der Waals surface area (Å²) in [6, 6.07) is 12.0. The Morgan fingerprint density at radius 3 is 2.75 bits per heavy atom. The second-order valence-corrected chi connectivity index (χ2v) is 4.76. The van der Waals surface area contributed by atoms with Crippen LogP contribution in [0.15, 0.2) is 41.8 Å². The van der Waals surface area contributed by atoms with Crippen molar-refractivity contribution in [3.8, 4) is 0 Å². The molecule has 2 nitrogen and oxygen atoms in total. The lowest BCUT2D eigenvalue weighted by Crippen LogP contribution is -2.12. The third-order valence-corrected chi connectivity index (χ3v) is 3.34. The molecule has 0 unspecified atom stereocenters. The minimum Gasteiger partial charge on any atom is -0.297 e. The molecule has 0 bridgehead atoms. The second kappa shape index (κ2) is 6.01. The van der Waals surface area contributed by atoms with E-state index >= 15 is 0 Å². The van der Waals surface area contributed by atoms with E-state index in [0.717, 1.165) is 15.5 Å². The zero-order valence-corrected chi connectivity index (χ0v) is 10.2. The number of halogens is 1. The Morgan fingerprint density at radius 1 is 1.25 bits per heavy atom. The van der Waals surface area contributed by atoms with Gasteiger partial charge in [0, 0.05) is 10.3 Å². The minimum absolute atomic E-state index is 0.569. The van der Waals surface area contributed by atoms with Gasteiger partial charge in [0.05, 0.1) is 18.2 Å². The van der Waals surface area contributed by atoms with Gasteiger partial charge in [-0.1, -0.05) is 41.9 Å². The molecule has 84 valence electrons. The quantitative estimate of drug-likeness (QED) is 0.649. The molecule has 16 heavy (non-hydrogen) atoms. The normalized spacial score (nSPS) is 10.6. The molecule has 1 aromatic heterocycles. The molecule has 0 saturated heterocycles. The number of hydrogen-bond acceptors (Lipinski definition) is 3. The predicted octanol–water partition coefficient (Wildman–Crippen LogP) is 3.62. The largest absolute Gasteiger partial charge is 0.297 e. The van der Waals surface area contributed by atoms with E-state index in [4.69, 9.17) is 16.4 Å². The van der Waals surface area contributed by atoms with Crippen LogP contribution in [0.5, 0.6) is 0 Å². The Kier molecular flexibility index (Phi) is 4.36. The van der Waals surface area contributed by atoms with Crippen LogP contribution in [0.3, 0.4) is 0 Å². The molecule has 4 heteroatoms. The van der Waals surface area contributed by atoms with Crippen LogP contribution in [-0.2, 0) is 18.0 Å². The Morgan fingerprint density at radius 2 is 2.06 bits per heavy atom. The van der Waals surface area contributed by atoms with Crippen molar-refractivity contribution in [2.45, 2.75) is 13.2 Å². The summed E-state index contributed by atoms with van der Waals surface area (Å²) in [5.74, 6) is 0. The lowest BCUT2D eigenvalue weighted by atomic mass is 10.2. The summed E-state index contributed by atoms with van der Waals surface area (Å²) in [4.78, 5) is 6.51. The first kappa shape index (κ1) is 11.6. The standard InChI is InChI=1S/C12H12ClNOS/c13-11-6-12(16-9-11)7-14-15-8-10-4-2-1-3-5-10/h1-6,9,14H,7-8H2. The summed E-state index contributed by atoms with van der Waals surface area (Å²) in [5, 5.41) is 2.69. The van der Waals surface area contributed by atoms with E-state index in [1.165, 1.54) is 0 Å². The molecule has 2 aromatic rings. The van der Waals surface area contributed by atoms with Gasteiger partial charge in [0.25, 0.3) is 0 Å². The SMILES string of the molecule is Clc1csc(CNOCc2ccccc2)c1. The second-order valence-electron chi connectivity index (χ2n) is 3.33. The third kappa shape index (κ3) is 3.61. The fraction of sp³-hybridized carbons (Fsp3) is 0.167. The van der Waals surface area contributed by atoms with E-state index in [1.54, 1.807) is 11.3 Å². The van der Waals surface area contributed by atoms with Crippen LogP contribution < -0.4 is 5.48 Å². The fourth-order valence-corrected chi connectivity index (χ4v) is 2.28. The Balaban J connectivity index is 1.69. The summed E-state index contributed by atoms with van der Waals surface area (Å²) in [6.07, 6.45) is 0. The summed E-state index contributed by atoms with van der Waals surface area (Å²) in [7, 11) is 0. The van der Waals surface area contributed by atoms with Crippen molar-refractivity contribution in [2.75, 3.05) is 0 Å². The molecule has 0 aliphatic heterocycles. The van der Waals surface area contributed by atoms with Crippen LogP contribution in [0.1, 0.15) is 10.4 Å². The Bertz CT molecular complexity index is 430. The van der Waals surface area contributed by atoms with E-state index < -0.39 is 0 Å². The van der Waals surface area contributed by atoms with Gasteiger partial charge in [-0.3, -0.25) is 4.84 Å². The van der Waals surface area contributed by atoms with Gasteiger partial charge in [0.2, 0.25) is 0 Å². The molecule has 0 atom stereocenters. The highest BCUT2D eigenvalue weighted by atomic mass is 35.5. The predicted molar refractivity (Wildman–Crippen MR) is 67.4 cm³/mol. The molecule has 0 amide bonds. The van der Waals surface area contributed by atoms with Crippen molar-refractivity contribution in [1.82, 2.24) is 5.48 Å². The fourth-order valence-electron chi connectivity index (χ4n) is 1.28. The summed E-state index contributed by atoms with van der Waals surface area (Å²) in [5.41, 5.74) is 4.07. The molecule has 1 aromatic carbocycles. The van der Waals surface area contributed by atoms with Gasteiger partial charge < -0.3 is 0 Å². The summed E-state index contributed by atoms with van der Waals surface area (Å²) < 4.78 is 0. The van der Waals surface area contributed by atoms with Crippen molar-refractivity contribution in [3.05, 3.63) is 57.2 Å². The lowest BCUT2D eigenvalue weighted by molar-refractivity contribution is 0.0240. The number of hydroxylamine groups is 1. The molecular formula is C12H12ClNOS. The maximum Gasteiger partial charge on any atom is 0.0933 e. The summed E-state index contributed by atoms with van der Waals surface area (Å²) in [6.45, 7) is 1.25. The molecule has 0 aliphatic carbocycles. The number of benzene rings is 1. The van der Waals surface area contributed by atoms with E-state index in [9.17, 15) is 0 Å². The first-order chi connectivity index (χ1) is 7.84. The highest BCUT2D eigenvalue weighted by molar-refractivity contribution is 7.10. The van der Waals surface area contributed by atoms with Crippen LogP contribution in [0.25, 0.3) is 0 Å². The molecule has 0 saturated carbocycles. The number of nitrogens with one attached hydrogen (secondary N) is 1. The Hall–Kier alpha value is -0.870. The number of thiophene rings is 1. The third-order valence-electron chi connectivity index (χ3n) is 2.05. The van der Waals surface area contributed by atoms with Crippen LogP contribution in [0.4, 0.5) is 0 Å². The lowest BCUT2D eigenvalue weighted by Gasteiger charge is -2.04. The van der Waals surface area contributed by atoms with Crippen molar-refractivity contribution in [3.63, 3.8) is 0 Å². The van der Waals surface area contributed by atoms with E-state index in [0.29, 0.717) is 13.2 Å². The smallest absolute Gasteiger partial charge is 0.0933 e. The zero-order valence-electron chi connectivity index (χ0n) is 8.65. The van der Waals surface area contributed by atoms with Crippen LogP contribution >= 0.6 is 22.9 Å². The molecule has 0 spiro atoms. The zero-order chi connectivity index (χ0) is 11.2. The average Bonchev–Trinajstić information content (AvgIpc) is 2.72. The maximum atomic E-state index is 5.81. The van der Waals surface area contributed by atoms with Crippen molar-refractivity contribution < 1.29 is 4.84 Å². The number of rotatable bonds is 5. The molecule has 1 heterocycles. The molecule has 1 N–H and O–H groups in total. The van der Waals surface area contributed by atoms with Crippen LogP contribution in [0.2, 0.25) is 5.02 Å². The van der Waals surface area contributed by atoms with E-state index in [2.05, 4.69) is 5.48 Å². The molecule has 2 rings (SSSR count). The van der Waals surface area contributed by atoms with Crippen LogP contribution in [0, 0.1) is 0 Å². The molecule has 0 fully saturated rings. The van der Waals surface area contributed by atoms with Gasteiger partial charge in [0.15, 0.2) is 0 Å². The minimum atomic E-state index is 0.569. The van der Waals surface area contributed by atoms with Crippen LogP contribution in [-0.4, -0.2) is 0 Å². The average molecular weight is 254 g/mol. The van der Waals surface area contributed by atoms with Gasteiger partial charge in [-0.2, -0.15) is 5.48 Å². The van der Waals surface area contributed by atoms with Gasteiger partial charge in [-0.25, -0.2) is 0 Å². The van der Waals surface area contributed by atoms with Crippen molar-refractivity contribution >= 4 is 22.9 Å². The van der Waals surface area contributed by atoms with Crippen molar-refractivity contribution in [1.29, 1.82) is 0 Å². The van der Waals surface area contributed by atoms with Gasteiger partial charge in [-0.15, -0.1) is 11.3 Å². The molecular weight excluding hydrogens is 242 g/mol. The number of hydrogen-bond donors (Lipinski definition) is 1. The van der Waals surface area contributed by atoms with Gasteiger partial charge in [-0.05, 0) is 11.6 Å². The Labute approximate surface area is 104 Å². The highest BCUT2D eigenvalue weighted by Crippen LogP contribution is 2.18. The van der Waals surface area contributed by atoms with Crippen molar-refractivity contribution in [2.24, 2.45) is 0 Å². The monoisotopic (exact) mass is 253 g/mol. The topological polar surface area (TPSA) is 21.3 Å². The van der Waals surface area contributed by atoms with E-state index in [1.807, 2.05) is 41.8 Å². The maximum absolute atomic E-state index is 5.81.